The first-order valence-electron chi connectivity index (χ1n) is 13.9. The van der Waals surface area contributed by atoms with Gasteiger partial charge in [0.15, 0.2) is 0 Å². The SMILES string of the molecule is Nc1nccn2c(C3CCCCC3)nc(-c3cccc(OCc4ccccc4)c3)c12.O=C(O)NCCc1c[nH]cn1. The van der Waals surface area contributed by atoms with Gasteiger partial charge in [-0.2, -0.15) is 0 Å². The number of anilines is 1. The van der Waals surface area contributed by atoms with Gasteiger partial charge in [-0.1, -0.05) is 61.7 Å². The van der Waals surface area contributed by atoms with Crippen molar-refractivity contribution < 1.29 is 14.6 Å². The molecule has 5 aromatic rings. The minimum atomic E-state index is -1.000. The van der Waals surface area contributed by atoms with E-state index in [1.165, 1.54) is 32.1 Å². The Bertz CT molecular complexity index is 1550. The number of benzene rings is 2. The molecule has 0 bridgehead atoms. The van der Waals surface area contributed by atoms with Crippen LogP contribution in [0.25, 0.3) is 16.8 Å². The number of hydrogen-bond acceptors (Lipinski definition) is 6. The number of imidazole rings is 2. The molecule has 10 nitrogen and oxygen atoms in total. The normalized spacial score (nSPS) is 13.4. The molecule has 1 aliphatic carbocycles. The van der Waals surface area contributed by atoms with Crippen LogP contribution in [0.15, 0.2) is 79.5 Å². The van der Waals surface area contributed by atoms with E-state index in [1.54, 1.807) is 18.7 Å². The van der Waals surface area contributed by atoms with Crippen molar-refractivity contribution in [3.63, 3.8) is 0 Å². The first-order valence-corrected chi connectivity index (χ1v) is 13.9. The third-order valence-electron chi connectivity index (χ3n) is 7.15. The second-order valence-electron chi connectivity index (χ2n) is 10.0. The van der Waals surface area contributed by atoms with E-state index in [9.17, 15) is 4.79 Å². The summed E-state index contributed by atoms with van der Waals surface area (Å²) < 4.78 is 8.18. The Labute approximate surface area is 238 Å². The number of aromatic nitrogens is 5. The molecular weight excluding hydrogens is 518 g/mol. The monoisotopic (exact) mass is 553 g/mol. The maximum absolute atomic E-state index is 9.99. The van der Waals surface area contributed by atoms with Crippen LogP contribution in [0.5, 0.6) is 5.75 Å². The molecule has 1 saturated carbocycles. The van der Waals surface area contributed by atoms with Crippen LogP contribution < -0.4 is 15.8 Å². The summed E-state index contributed by atoms with van der Waals surface area (Å²) in [4.78, 5) is 26.1. The summed E-state index contributed by atoms with van der Waals surface area (Å²) in [7, 11) is 0. The molecule has 6 rings (SSSR count). The summed E-state index contributed by atoms with van der Waals surface area (Å²) in [6, 6.07) is 18.3. The second-order valence-corrected chi connectivity index (χ2v) is 10.0. The minimum absolute atomic E-state index is 0.403. The number of nitrogen functional groups attached to an aromatic ring is 1. The van der Waals surface area contributed by atoms with Crippen LogP contribution in [-0.4, -0.2) is 42.1 Å². The number of nitrogens with zero attached hydrogens (tertiary/aromatic N) is 4. The van der Waals surface area contributed by atoms with Crippen LogP contribution in [-0.2, 0) is 13.0 Å². The van der Waals surface area contributed by atoms with Crippen LogP contribution in [0.1, 0.15) is 55.1 Å². The van der Waals surface area contributed by atoms with Gasteiger partial charge in [-0.15, -0.1) is 0 Å². The standard InChI is InChI=1S/C25H26N4O.C6H9N3O2/c26-24-23-22(28-25(29(23)15-14-27-24)19-10-5-2-6-11-19)20-12-7-13-21(16-20)30-17-18-8-3-1-4-9-18;10-6(11)8-2-1-5-3-7-4-9-5/h1,3-4,7-9,12-16,19H,2,5-6,10-11,17H2,(H2,26,27);3-4,8H,1-2H2,(H,7,9)(H,10,11). The van der Waals surface area contributed by atoms with Gasteiger partial charge in [0.1, 0.15) is 35.2 Å². The van der Waals surface area contributed by atoms with Crippen molar-refractivity contribution in [2.45, 2.75) is 51.0 Å². The van der Waals surface area contributed by atoms with E-state index in [2.05, 4.69) is 42.9 Å². The lowest BCUT2D eigenvalue weighted by molar-refractivity contribution is 0.194. The Balaban J connectivity index is 0.000000259. The fourth-order valence-corrected chi connectivity index (χ4v) is 5.14. The summed E-state index contributed by atoms with van der Waals surface area (Å²) in [6.07, 6.45) is 12.9. The largest absolute Gasteiger partial charge is 0.489 e. The molecule has 212 valence electrons. The Hall–Kier alpha value is -4.86. The van der Waals surface area contributed by atoms with Crippen LogP contribution in [0, 0.1) is 0 Å². The number of hydrogen-bond donors (Lipinski definition) is 4. The van der Waals surface area contributed by atoms with Crippen LogP contribution in [0.2, 0.25) is 0 Å². The Morgan fingerprint density at radius 3 is 2.68 bits per heavy atom. The molecule has 1 fully saturated rings. The van der Waals surface area contributed by atoms with E-state index in [0.717, 1.165) is 39.6 Å². The molecule has 0 atom stereocenters. The predicted molar refractivity (Wildman–Crippen MR) is 158 cm³/mol. The number of amides is 1. The summed E-state index contributed by atoms with van der Waals surface area (Å²) in [5.41, 5.74) is 11.1. The number of nitrogens with one attached hydrogen (secondary N) is 2. The number of rotatable bonds is 8. The molecule has 0 radical (unpaired) electrons. The van der Waals surface area contributed by atoms with E-state index in [-0.39, 0.29) is 0 Å². The van der Waals surface area contributed by atoms with Crippen molar-refractivity contribution in [2.24, 2.45) is 0 Å². The average Bonchev–Trinajstić information content (AvgIpc) is 3.67. The summed E-state index contributed by atoms with van der Waals surface area (Å²) in [5, 5.41) is 10.4. The van der Waals surface area contributed by atoms with Crippen molar-refractivity contribution in [3.8, 4) is 17.0 Å². The van der Waals surface area contributed by atoms with Gasteiger partial charge in [0, 0.05) is 43.0 Å². The number of aromatic amines is 1. The lowest BCUT2D eigenvalue weighted by Crippen LogP contribution is -2.23. The molecule has 0 aliphatic heterocycles. The molecule has 1 amide bonds. The molecule has 0 unspecified atom stereocenters. The van der Waals surface area contributed by atoms with Gasteiger partial charge in [0.25, 0.3) is 0 Å². The zero-order chi connectivity index (χ0) is 28.4. The van der Waals surface area contributed by atoms with Crippen LogP contribution in [0.4, 0.5) is 10.6 Å². The highest BCUT2D eigenvalue weighted by Crippen LogP contribution is 2.37. The van der Waals surface area contributed by atoms with Crippen molar-refractivity contribution >= 4 is 17.4 Å². The molecule has 10 heteroatoms. The van der Waals surface area contributed by atoms with E-state index >= 15 is 0 Å². The number of ether oxygens (including phenoxy) is 1. The minimum Gasteiger partial charge on any atom is -0.489 e. The Morgan fingerprint density at radius 2 is 1.93 bits per heavy atom. The van der Waals surface area contributed by atoms with Crippen LogP contribution >= 0.6 is 0 Å². The number of carbonyl (C=O) groups is 1. The Kier molecular flexibility index (Phi) is 9.10. The maximum atomic E-state index is 9.99. The van der Waals surface area contributed by atoms with Gasteiger partial charge in [-0.25, -0.2) is 19.7 Å². The van der Waals surface area contributed by atoms with Gasteiger partial charge < -0.3 is 25.9 Å². The van der Waals surface area contributed by atoms with Crippen molar-refractivity contribution in [1.82, 2.24) is 29.7 Å². The summed E-state index contributed by atoms with van der Waals surface area (Å²) in [6.45, 7) is 0.936. The lowest BCUT2D eigenvalue weighted by atomic mass is 9.89. The number of carboxylic acid groups (broad SMARTS) is 1. The molecule has 3 aromatic heterocycles. The molecule has 0 spiro atoms. The van der Waals surface area contributed by atoms with E-state index in [4.69, 9.17) is 20.6 Å². The first-order chi connectivity index (χ1) is 20.1. The zero-order valence-corrected chi connectivity index (χ0v) is 22.9. The van der Waals surface area contributed by atoms with E-state index in [1.807, 2.05) is 42.6 Å². The zero-order valence-electron chi connectivity index (χ0n) is 22.9. The van der Waals surface area contributed by atoms with Gasteiger partial charge in [0.2, 0.25) is 0 Å². The van der Waals surface area contributed by atoms with Crippen LogP contribution in [0.3, 0.4) is 0 Å². The highest BCUT2D eigenvalue weighted by molar-refractivity contribution is 5.85. The predicted octanol–water partition coefficient (Wildman–Crippen LogP) is 5.83. The summed E-state index contributed by atoms with van der Waals surface area (Å²) >= 11 is 0. The highest BCUT2D eigenvalue weighted by Gasteiger charge is 2.24. The van der Waals surface area contributed by atoms with Gasteiger partial charge >= 0.3 is 6.09 Å². The number of H-pyrrole nitrogens is 1. The maximum Gasteiger partial charge on any atom is 0.404 e. The molecule has 1 aliphatic rings. The topological polar surface area (TPSA) is 143 Å². The quantitative estimate of drug-likeness (QED) is 0.189. The van der Waals surface area contributed by atoms with Crippen molar-refractivity contribution in [3.05, 3.63) is 96.6 Å². The third-order valence-corrected chi connectivity index (χ3v) is 7.15. The molecule has 0 saturated heterocycles. The molecule has 3 heterocycles. The second kappa shape index (κ2) is 13.5. The third kappa shape index (κ3) is 7.21. The number of nitrogens with two attached hydrogens (primary N) is 1. The van der Waals surface area contributed by atoms with Crippen molar-refractivity contribution in [2.75, 3.05) is 12.3 Å². The molecule has 2 aromatic carbocycles. The van der Waals surface area contributed by atoms with E-state index in [0.29, 0.717) is 31.3 Å². The average molecular weight is 554 g/mol. The molecule has 5 N–H and O–H groups in total. The van der Waals surface area contributed by atoms with Crippen molar-refractivity contribution in [1.29, 1.82) is 0 Å². The van der Waals surface area contributed by atoms with E-state index < -0.39 is 6.09 Å². The van der Waals surface area contributed by atoms with Gasteiger partial charge in [-0.05, 0) is 30.5 Å². The number of fused-ring (bicyclic) bond motifs is 1. The highest BCUT2D eigenvalue weighted by atomic mass is 16.5. The smallest absolute Gasteiger partial charge is 0.404 e. The Morgan fingerprint density at radius 1 is 1.10 bits per heavy atom. The van der Waals surface area contributed by atoms with Gasteiger partial charge in [-0.3, -0.25) is 4.40 Å². The lowest BCUT2D eigenvalue weighted by Gasteiger charge is -2.20. The fraction of sp³-hybridized carbons (Fsp3) is 0.290. The molecule has 41 heavy (non-hydrogen) atoms. The first kappa shape index (κ1) is 27.7. The molecular formula is C31H35N7O3. The van der Waals surface area contributed by atoms with Gasteiger partial charge in [0.05, 0.1) is 12.0 Å². The fourth-order valence-electron chi connectivity index (χ4n) is 5.14. The summed E-state index contributed by atoms with van der Waals surface area (Å²) in [5.74, 6) is 2.90.